The van der Waals surface area contributed by atoms with Gasteiger partial charge in [0.05, 0.1) is 35.0 Å². The fourth-order valence-corrected chi connectivity index (χ4v) is 6.97. The molecule has 0 radical (unpaired) electrons. The van der Waals surface area contributed by atoms with E-state index in [4.69, 9.17) is 28.4 Å². The third-order valence-electron chi connectivity index (χ3n) is 9.91. The molecule has 51 heavy (non-hydrogen) atoms. The summed E-state index contributed by atoms with van der Waals surface area (Å²) in [5.74, 6) is 0.295. The topological polar surface area (TPSA) is 107 Å². The fraction of sp³-hybridized carbons (Fsp3) is 0.500. The molecule has 0 bridgehead atoms. The van der Waals surface area contributed by atoms with Gasteiger partial charge in [-0.05, 0) is 150 Å². The normalized spacial score (nSPS) is 17.4. The van der Waals surface area contributed by atoms with E-state index in [9.17, 15) is 14.4 Å². The molecule has 9 nitrogen and oxygen atoms in total. The van der Waals surface area contributed by atoms with Crippen LogP contribution >= 0.6 is 0 Å². The Labute approximate surface area is 300 Å². The Hall–Kier alpha value is -4.53. The summed E-state index contributed by atoms with van der Waals surface area (Å²) < 4.78 is 35.1. The van der Waals surface area contributed by atoms with Crippen LogP contribution < -0.4 is 14.2 Å². The van der Waals surface area contributed by atoms with Crippen molar-refractivity contribution >= 4 is 17.9 Å². The quantitative estimate of drug-likeness (QED) is 0.120. The number of hydrogen-bond donors (Lipinski definition) is 0. The highest BCUT2D eigenvalue weighted by molar-refractivity contribution is 5.91. The number of ether oxygens (including phenoxy) is 6. The maximum Gasteiger partial charge on any atom is 0.338 e. The molecular weight excluding hydrogens is 648 g/mol. The van der Waals surface area contributed by atoms with Crippen LogP contribution in [0.2, 0.25) is 0 Å². The molecule has 6 rings (SSSR count). The maximum absolute atomic E-state index is 13.2. The lowest BCUT2D eigenvalue weighted by atomic mass is 9.98. The van der Waals surface area contributed by atoms with Crippen molar-refractivity contribution in [3.05, 3.63) is 89.5 Å². The first-order valence-corrected chi connectivity index (χ1v) is 18.8. The molecule has 3 aromatic carbocycles. The van der Waals surface area contributed by atoms with Gasteiger partial charge >= 0.3 is 17.9 Å². The lowest BCUT2D eigenvalue weighted by Gasteiger charge is -2.23. The largest absolute Gasteiger partial charge is 0.490 e. The third-order valence-corrected chi connectivity index (χ3v) is 9.91. The highest BCUT2D eigenvalue weighted by atomic mass is 16.6. The summed E-state index contributed by atoms with van der Waals surface area (Å²) in [5, 5.41) is 0. The number of rotatable bonds is 14. The Morgan fingerprint density at radius 2 is 0.725 bits per heavy atom. The standard InChI is InChI=1S/C42H50O9/c43-40(30-16-22-36(23-17-30)48-33-10-4-1-5-11-33)46-28-39(51-42(45)32-20-26-38(27-21-32)50-35-14-8-3-9-15-35)29-47-41(44)31-18-24-37(25-19-31)49-34-12-6-2-7-13-34/h16-27,33-35,39H,1-15,28-29H2. The van der Waals surface area contributed by atoms with E-state index >= 15 is 0 Å². The van der Waals surface area contributed by atoms with Gasteiger partial charge in [-0.15, -0.1) is 0 Å². The van der Waals surface area contributed by atoms with Crippen molar-refractivity contribution in [2.45, 2.75) is 121 Å². The second-order valence-corrected chi connectivity index (χ2v) is 13.9. The molecule has 0 spiro atoms. The predicted octanol–water partition coefficient (Wildman–Crippen LogP) is 9.06. The van der Waals surface area contributed by atoms with E-state index in [0.717, 1.165) is 77.0 Å². The van der Waals surface area contributed by atoms with Gasteiger partial charge in [-0.25, -0.2) is 14.4 Å². The van der Waals surface area contributed by atoms with Gasteiger partial charge in [0.25, 0.3) is 0 Å². The summed E-state index contributed by atoms with van der Waals surface area (Å²) in [6, 6.07) is 20.4. The molecule has 0 N–H and O–H groups in total. The second-order valence-electron chi connectivity index (χ2n) is 13.9. The summed E-state index contributed by atoms with van der Waals surface area (Å²) in [4.78, 5) is 39.2. The van der Waals surface area contributed by atoms with Crippen molar-refractivity contribution < 1.29 is 42.8 Å². The zero-order chi connectivity index (χ0) is 35.3. The van der Waals surface area contributed by atoms with Crippen LogP contribution in [-0.4, -0.2) is 55.5 Å². The number of carbonyl (C=O) groups excluding carboxylic acids is 3. The van der Waals surface area contributed by atoms with Crippen LogP contribution in [0.15, 0.2) is 72.8 Å². The third kappa shape index (κ3) is 11.2. The zero-order valence-electron chi connectivity index (χ0n) is 29.4. The van der Waals surface area contributed by atoms with Crippen molar-refractivity contribution in [2.24, 2.45) is 0 Å². The van der Waals surface area contributed by atoms with Gasteiger partial charge in [0.2, 0.25) is 0 Å². The number of esters is 3. The maximum atomic E-state index is 13.2. The van der Waals surface area contributed by atoms with E-state index in [1.54, 1.807) is 72.8 Å². The van der Waals surface area contributed by atoms with Crippen LogP contribution in [0.25, 0.3) is 0 Å². The number of carbonyl (C=O) groups is 3. The first-order chi connectivity index (χ1) is 25.0. The van der Waals surface area contributed by atoms with Gasteiger partial charge < -0.3 is 28.4 Å². The van der Waals surface area contributed by atoms with Crippen molar-refractivity contribution in [3.8, 4) is 17.2 Å². The average Bonchev–Trinajstić information content (AvgIpc) is 3.17. The molecular formula is C42H50O9. The van der Waals surface area contributed by atoms with Gasteiger partial charge in [-0.3, -0.25) is 0 Å². The molecule has 0 aliphatic heterocycles. The Morgan fingerprint density at radius 1 is 0.431 bits per heavy atom. The highest BCUT2D eigenvalue weighted by Crippen LogP contribution is 2.26. The Morgan fingerprint density at radius 3 is 1.04 bits per heavy atom. The molecule has 0 aromatic heterocycles. The van der Waals surface area contributed by atoms with Crippen LogP contribution in [0.1, 0.15) is 127 Å². The number of hydrogen-bond acceptors (Lipinski definition) is 9. The smallest absolute Gasteiger partial charge is 0.338 e. The SMILES string of the molecule is O=C(OCC(COC(=O)c1ccc(OC2CCCCC2)cc1)OC(=O)c1ccc(OC2CCCCC2)cc1)c1ccc(OC2CCCCC2)cc1. The van der Waals surface area contributed by atoms with Gasteiger partial charge in [0.15, 0.2) is 6.10 Å². The first kappa shape index (κ1) is 36.3. The van der Waals surface area contributed by atoms with Crippen molar-refractivity contribution in [1.29, 1.82) is 0 Å². The number of benzene rings is 3. The molecule has 0 saturated heterocycles. The van der Waals surface area contributed by atoms with Gasteiger partial charge in [-0.1, -0.05) is 19.3 Å². The summed E-state index contributed by atoms with van der Waals surface area (Å²) in [6.45, 7) is -0.621. The molecule has 272 valence electrons. The van der Waals surface area contributed by atoms with Crippen LogP contribution in [-0.2, 0) is 14.2 Å². The lowest BCUT2D eigenvalue weighted by Crippen LogP contribution is -2.31. The van der Waals surface area contributed by atoms with E-state index in [0.29, 0.717) is 33.9 Å². The second kappa shape index (κ2) is 18.6. The molecule has 0 atom stereocenters. The molecule has 3 aromatic rings. The molecule has 3 saturated carbocycles. The molecule has 0 heterocycles. The van der Waals surface area contributed by atoms with Crippen LogP contribution in [0, 0.1) is 0 Å². The molecule has 9 heteroatoms. The molecule has 0 unspecified atom stereocenters. The minimum Gasteiger partial charge on any atom is -0.490 e. The zero-order valence-corrected chi connectivity index (χ0v) is 29.4. The Kier molecular flexibility index (Phi) is 13.2. The minimum atomic E-state index is -1.05. The average molecular weight is 699 g/mol. The van der Waals surface area contributed by atoms with Gasteiger partial charge in [0, 0.05) is 0 Å². The van der Waals surface area contributed by atoms with E-state index in [1.165, 1.54) is 19.3 Å². The van der Waals surface area contributed by atoms with Gasteiger partial charge in [0.1, 0.15) is 30.5 Å². The summed E-state index contributed by atoms with van der Waals surface area (Å²) in [6.07, 6.45) is 16.4. The highest BCUT2D eigenvalue weighted by Gasteiger charge is 2.23. The molecule has 3 aliphatic carbocycles. The summed E-state index contributed by atoms with van der Waals surface area (Å²) in [7, 11) is 0. The Bertz CT molecular complexity index is 1450. The predicted molar refractivity (Wildman–Crippen MR) is 192 cm³/mol. The van der Waals surface area contributed by atoms with Crippen molar-refractivity contribution in [3.63, 3.8) is 0 Å². The molecule has 3 aliphatic rings. The van der Waals surface area contributed by atoms with E-state index in [-0.39, 0.29) is 31.5 Å². The lowest BCUT2D eigenvalue weighted by molar-refractivity contribution is -0.0253. The van der Waals surface area contributed by atoms with Crippen molar-refractivity contribution in [2.75, 3.05) is 13.2 Å². The van der Waals surface area contributed by atoms with E-state index in [2.05, 4.69) is 0 Å². The monoisotopic (exact) mass is 698 g/mol. The van der Waals surface area contributed by atoms with E-state index in [1.807, 2.05) is 0 Å². The van der Waals surface area contributed by atoms with Crippen LogP contribution in [0.4, 0.5) is 0 Å². The van der Waals surface area contributed by atoms with Crippen LogP contribution in [0.3, 0.4) is 0 Å². The van der Waals surface area contributed by atoms with Crippen LogP contribution in [0.5, 0.6) is 17.2 Å². The molecule has 3 fully saturated rings. The fourth-order valence-electron chi connectivity index (χ4n) is 6.97. The van der Waals surface area contributed by atoms with Crippen molar-refractivity contribution in [1.82, 2.24) is 0 Å². The minimum absolute atomic E-state index is 0.187. The van der Waals surface area contributed by atoms with E-state index < -0.39 is 24.0 Å². The summed E-state index contributed by atoms with van der Waals surface area (Å²) in [5.41, 5.74) is 0.963. The Balaban J connectivity index is 1.05. The summed E-state index contributed by atoms with van der Waals surface area (Å²) >= 11 is 0. The molecule has 0 amide bonds. The first-order valence-electron chi connectivity index (χ1n) is 18.8. The van der Waals surface area contributed by atoms with Gasteiger partial charge in [-0.2, -0.15) is 0 Å².